The lowest BCUT2D eigenvalue weighted by Gasteiger charge is -2.40. The van der Waals surface area contributed by atoms with Gasteiger partial charge in [0.25, 0.3) is 0 Å². The number of anilines is 2. The van der Waals surface area contributed by atoms with E-state index in [1.807, 2.05) is 36.1 Å². The molecule has 2 aliphatic rings. The van der Waals surface area contributed by atoms with Gasteiger partial charge in [-0.3, -0.25) is 0 Å². The normalized spacial score (nSPS) is 18.4. The summed E-state index contributed by atoms with van der Waals surface area (Å²) in [5.41, 5.74) is 2.12. The van der Waals surface area contributed by atoms with E-state index in [9.17, 15) is 0 Å². The van der Waals surface area contributed by atoms with Crippen LogP contribution in [0.4, 0.5) is 11.6 Å². The van der Waals surface area contributed by atoms with Crippen LogP contribution < -0.4 is 9.80 Å². The summed E-state index contributed by atoms with van der Waals surface area (Å²) in [6.45, 7) is 4.06. The highest BCUT2D eigenvalue weighted by atomic mass is 15.3. The standard InChI is InChI=1S/C19H23N7/c1-14-12-18(22-13-21-14)26(15-2-3-15)16-5-9-24(10-6-16)19-17-4-7-23-25(17)11-8-20-19/h4,7-8,11-13,15-16H,2-3,5-6,9-10H2,1H3. The Bertz CT molecular complexity index is 909. The third kappa shape index (κ3) is 2.77. The van der Waals surface area contributed by atoms with Crippen LogP contribution in [0.15, 0.2) is 37.1 Å². The number of aromatic nitrogens is 5. The van der Waals surface area contributed by atoms with Crippen molar-refractivity contribution in [2.75, 3.05) is 22.9 Å². The van der Waals surface area contributed by atoms with Crippen LogP contribution in [0.1, 0.15) is 31.4 Å². The molecule has 0 bridgehead atoms. The average Bonchev–Trinajstić information content (AvgIpc) is 3.37. The van der Waals surface area contributed by atoms with E-state index >= 15 is 0 Å². The van der Waals surface area contributed by atoms with Crippen LogP contribution in [0.3, 0.4) is 0 Å². The van der Waals surface area contributed by atoms with Crippen molar-refractivity contribution in [3.63, 3.8) is 0 Å². The lowest BCUT2D eigenvalue weighted by molar-refractivity contribution is 0.457. The van der Waals surface area contributed by atoms with Crippen molar-refractivity contribution >= 4 is 17.2 Å². The third-order valence-electron chi connectivity index (χ3n) is 5.46. The monoisotopic (exact) mass is 349 g/mol. The summed E-state index contributed by atoms with van der Waals surface area (Å²) in [4.78, 5) is 18.4. The number of piperidine rings is 1. The fourth-order valence-electron chi connectivity index (χ4n) is 4.05. The molecule has 1 saturated heterocycles. The first-order valence-corrected chi connectivity index (χ1v) is 9.40. The summed E-state index contributed by atoms with van der Waals surface area (Å²) in [6, 6.07) is 5.35. The van der Waals surface area contributed by atoms with Crippen molar-refractivity contribution in [1.29, 1.82) is 0 Å². The molecule has 0 unspecified atom stereocenters. The molecule has 0 spiro atoms. The minimum Gasteiger partial charge on any atom is -0.355 e. The van der Waals surface area contributed by atoms with E-state index in [2.05, 4.69) is 35.9 Å². The molecule has 1 saturated carbocycles. The number of nitrogens with zero attached hydrogens (tertiary/aromatic N) is 7. The van der Waals surface area contributed by atoms with Gasteiger partial charge < -0.3 is 9.80 Å². The molecule has 3 aromatic heterocycles. The van der Waals surface area contributed by atoms with Crippen LogP contribution in [0.25, 0.3) is 5.52 Å². The second-order valence-corrected chi connectivity index (χ2v) is 7.29. The van der Waals surface area contributed by atoms with Crippen LogP contribution in [-0.4, -0.2) is 49.7 Å². The summed E-state index contributed by atoms with van der Waals surface area (Å²) in [6.07, 6.45) is 12.1. The highest BCUT2D eigenvalue weighted by Gasteiger charge is 2.36. The second-order valence-electron chi connectivity index (χ2n) is 7.29. The largest absolute Gasteiger partial charge is 0.355 e. The molecule has 0 atom stereocenters. The quantitative estimate of drug-likeness (QED) is 0.721. The van der Waals surface area contributed by atoms with Gasteiger partial charge in [0.05, 0.1) is 6.20 Å². The lowest BCUT2D eigenvalue weighted by Crippen LogP contribution is -2.46. The molecule has 7 nitrogen and oxygen atoms in total. The Hall–Kier alpha value is -2.70. The molecule has 0 aromatic carbocycles. The highest BCUT2D eigenvalue weighted by molar-refractivity contribution is 5.68. The number of hydrogen-bond donors (Lipinski definition) is 0. The summed E-state index contributed by atoms with van der Waals surface area (Å²) in [7, 11) is 0. The van der Waals surface area contributed by atoms with E-state index in [-0.39, 0.29) is 0 Å². The molecular formula is C19H23N7. The predicted molar refractivity (Wildman–Crippen MR) is 100 cm³/mol. The molecule has 26 heavy (non-hydrogen) atoms. The fraction of sp³-hybridized carbons (Fsp3) is 0.474. The fourth-order valence-corrected chi connectivity index (χ4v) is 4.05. The van der Waals surface area contributed by atoms with Crippen molar-refractivity contribution in [2.24, 2.45) is 0 Å². The summed E-state index contributed by atoms with van der Waals surface area (Å²) in [5.74, 6) is 2.13. The Labute approximate surface area is 152 Å². The van der Waals surface area contributed by atoms with Crippen molar-refractivity contribution in [3.05, 3.63) is 42.7 Å². The molecule has 1 aliphatic heterocycles. The van der Waals surface area contributed by atoms with E-state index in [0.717, 1.165) is 48.8 Å². The number of rotatable bonds is 4. The van der Waals surface area contributed by atoms with Crippen molar-refractivity contribution in [3.8, 4) is 0 Å². The zero-order valence-electron chi connectivity index (χ0n) is 15.0. The van der Waals surface area contributed by atoms with Gasteiger partial charge in [0.2, 0.25) is 0 Å². The predicted octanol–water partition coefficient (Wildman–Crippen LogP) is 2.47. The van der Waals surface area contributed by atoms with Gasteiger partial charge in [-0.05, 0) is 38.7 Å². The van der Waals surface area contributed by atoms with Gasteiger partial charge in [-0.15, -0.1) is 0 Å². The van der Waals surface area contributed by atoms with Crippen molar-refractivity contribution in [2.45, 2.75) is 44.7 Å². The van der Waals surface area contributed by atoms with Gasteiger partial charge in [0, 0.05) is 49.3 Å². The molecule has 4 heterocycles. The highest BCUT2D eigenvalue weighted by Crippen LogP contribution is 2.36. The molecule has 1 aliphatic carbocycles. The Morgan fingerprint density at radius 3 is 2.58 bits per heavy atom. The molecule has 7 heteroatoms. The number of hydrogen-bond acceptors (Lipinski definition) is 6. The molecule has 0 amide bonds. The van der Waals surface area contributed by atoms with Crippen LogP contribution in [-0.2, 0) is 0 Å². The Morgan fingerprint density at radius 1 is 1.00 bits per heavy atom. The topological polar surface area (TPSA) is 62.5 Å². The first-order valence-electron chi connectivity index (χ1n) is 9.40. The van der Waals surface area contributed by atoms with E-state index in [1.165, 1.54) is 12.8 Å². The maximum atomic E-state index is 4.62. The maximum absolute atomic E-state index is 4.62. The van der Waals surface area contributed by atoms with E-state index in [4.69, 9.17) is 0 Å². The van der Waals surface area contributed by atoms with E-state index in [1.54, 1.807) is 6.33 Å². The minimum atomic E-state index is 0.540. The van der Waals surface area contributed by atoms with Crippen LogP contribution in [0, 0.1) is 6.92 Å². The maximum Gasteiger partial charge on any atom is 0.154 e. The summed E-state index contributed by atoms with van der Waals surface area (Å²) < 4.78 is 1.90. The third-order valence-corrected chi connectivity index (χ3v) is 5.46. The van der Waals surface area contributed by atoms with Gasteiger partial charge in [0.15, 0.2) is 5.82 Å². The van der Waals surface area contributed by atoms with Crippen LogP contribution in [0.5, 0.6) is 0 Å². The second kappa shape index (κ2) is 6.23. The Balaban J connectivity index is 1.35. The van der Waals surface area contributed by atoms with Gasteiger partial charge in [-0.2, -0.15) is 5.10 Å². The smallest absolute Gasteiger partial charge is 0.154 e. The molecule has 5 rings (SSSR count). The van der Waals surface area contributed by atoms with E-state index in [0.29, 0.717) is 12.1 Å². The van der Waals surface area contributed by atoms with Gasteiger partial charge >= 0.3 is 0 Å². The van der Waals surface area contributed by atoms with Crippen LogP contribution >= 0.6 is 0 Å². The average molecular weight is 349 g/mol. The molecule has 0 N–H and O–H groups in total. The molecular weight excluding hydrogens is 326 g/mol. The van der Waals surface area contributed by atoms with Gasteiger partial charge in [-0.25, -0.2) is 19.5 Å². The first kappa shape index (κ1) is 15.5. The molecule has 2 fully saturated rings. The first-order chi connectivity index (χ1) is 12.8. The summed E-state index contributed by atoms with van der Waals surface area (Å²) >= 11 is 0. The van der Waals surface area contributed by atoms with Crippen molar-refractivity contribution < 1.29 is 0 Å². The number of fused-ring (bicyclic) bond motifs is 1. The molecule has 3 aromatic rings. The number of aryl methyl sites for hydroxylation is 1. The zero-order chi connectivity index (χ0) is 17.5. The zero-order valence-corrected chi connectivity index (χ0v) is 15.0. The van der Waals surface area contributed by atoms with E-state index < -0.39 is 0 Å². The Morgan fingerprint density at radius 2 is 1.81 bits per heavy atom. The lowest BCUT2D eigenvalue weighted by atomic mass is 10.0. The van der Waals surface area contributed by atoms with Gasteiger partial charge in [-0.1, -0.05) is 0 Å². The SMILES string of the molecule is Cc1cc(N(C2CC2)C2CCN(c3nccn4nccc34)CC2)ncn1. The van der Waals surface area contributed by atoms with Crippen molar-refractivity contribution in [1.82, 2.24) is 24.6 Å². The van der Waals surface area contributed by atoms with Crippen LogP contribution in [0.2, 0.25) is 0 Å². The molecule has 0 radical (unpaired) electrons. The van der Waals surface area contributed by atoms with Gasteiger partial charge in [0.1, 0.15) is 17.7 Å². The minimum absolute atomic E-state index is 0.540. The Kier molecular flexibility index (Phi) is 3.72. The summed E-state index contributed by atoms with van der Waals surface area (Å²) in [5, 5.41) is 4.32. The molecule has 134 valence electrons.